The minimum atomic E-state index is -0.602. The molecule has 88 valence electrons. The van der Waals surface area contributed by atoms with Crippen molar-refractivity contribution in [3.05, 3.63) is 59.1 Å². The van der Waals surface area contributed by atoms with Gasteiger partial charge in [-0.1, -0.05) is 54.1 Å². The third-order valence-corrected chi connectivity index (χ3v) is 3.03. The number of aliphatic hydroxyl groups is 1. The van der Waals surface area contributed by atoms with Gasteiger partial charge in [0.1, 0.15) is 0 Å². The summed E-state index contributed by atoms with van der Waals surface area (Å²) in [6.45, 7) is 0.228. The third kappa shape index (κ3) is 2.67. The van der Waals surface area contributed by atoms with Gasteiger partial charge in [-0.05, 0) is 17.2 Å². The molecule has 0 bridgehead atoms. The molecule has 2 rings (SSSR count). The van der Waals surface area contributed by atoms with Crippen molar-refractivity contribution in [3.63, 3.8) is 0 Å². The lowest BCUT2D eigenvalue weighted by Gasteiger charge is -2.09. The Morgan fingerprint density at radius 3 is 2.29 bits per heavy atom. The highest BCUT2D eigenvalue weighted by Gasteiger charge is 2.06. The SMILES string of the molecule is NCC(O)c1ccc(-c2ccccc2Cl)cc1. The molecule has 1 atom stereocenters. The molecule has 0 heterocycles. The summed E-state index contributed by atoms with van der Waals surface area (Å²) in [5.41, 5.74) is 8.25. The predicted octanol–water partition coefficient (Wildman–Crippen LogP) is 3.00. The zero-order chi connectivity index (χ0) is 12.3. The molecule has 3 N–H and O–H groups in total. The minimum Gasteiger partial charge on any atom is -0.387 e. The molecule has 0 saturated heterocycles. The van der Waals surface area contributed by atoms with Crippen molar-refractivity contribution in [1.29, 1.82) is 0 Å². The maximum absolute atomic E-state index is 9.59. The molecule has 0 spiro atoms. The van der Waals surface area contributed by atoms with Gasteiger partial charge in [-0.3, -0.25) is 0 Å². The standard InChI is InChI=1S/C14H14ClNO/c15-13-4-2-1-3-12(13)10-5-7-11(8-6-10)14(17)9-16/h1-8,14,17H,9,16H2. The molecule has 0 saturated carbocycles. The Labute approximate surface area is 106 Å². The summed E-state index contributed by atoms with van der Waals surface area (Å²) in [4.78, 5) is 0. The van der Waals surface area contributed by atoms with Crippen molar-refractivity contribution in [1.82, 2.24) is 0 Å². The molecular weight excluding hydrogens is 234 g/mol. The summed E-state index contributed by atoms with van der Waals surface area (Å²) in [6.07, 6.45) is -0.602. The summed E-state index contributed by atoms with van der Waals surface area (Å²) in [5.74, 6) is 0. The van der Waals surface area contributed by atoms with E-state index in [9.17, 15) is 5.11 Å². The lowest BCUT2D eigenvalue weighted by molar-refractivity contribution is 0.187. The first-order chi connectivity index (χ1) is 8.22. The quantitative estimate of drug-likeness (QED) is 0.876. The first-order valence-electron chi connectivity index (χ1n) is 5.45. The molecule has 2 aromatic carbocycles. The van der Waals surface area contributed by atoms with Gasteiger partial charge in [-0.15, -0.1) is 0 Å². The van der Waals surface area contributed by atoms with E-state index < -0.39 is 6.10 Å². The van der Waals surface area contributed by atoms with Crippen LogP contribution in [0, 0.1) is 0 Å². The predicted molar refractivity (Wildman–Crippen MR) is 70.9 cm³/mol. The Bertz CT molecular complexity index is 496. The van der Waals surface area contributed by atoms with Crippen LogP contribution in [0.2, 0.25) is 5.02 Å². The number of rotatable bonds is 3. The second kappa shape index (κ2) is 5.32. The number of hydrogen-bond donors (Lipinski definition) is 2. The zero-order valence-corrected chi connectivity index (χ0v) is 10.1. The Balaban J connectivity index is 2.33. The summed E-state index contributed by atoms with van der Waals surface area (Å²) in [5, 5.41) is 10.3. The van der Waals surface area contributed by atoms with Crippen LogP contribution in [-0.2, 0) is 0 Å². The van der Waals surface area contributed by atoms with E-state index in [1.807, 2.05) is 48.5 Å². The fourth-order valence-electron chi connectivity index (χ4n) is 1.72. The van der Waals surface area contributed by atoms with E-state index in [2.05, 4.69) is 0 Å². The number of hydrogen-bond acceptors (Lipinski definition) is 2. The van der Waals surface area contributed by atoms with E-state index in [0.29, 0.717) is 0 Å². The fourth-order valence-corrected chi connectivity index (χ4v) is 1.96. The first-order valence-corrected chi connectivity index (χ1v) is 5.83. The normalized spacial score (nSPS) is 12.4. The number of aliphatic hydroxyl groups excluding tert-OH is 1. The summed E-state index contributed by atoms with van der Waals surface area (Å²) in [7, 11) is 0. The van der Waals surface area contributed by atoms with Gasteiger partial charge in [0.15, 0.2) is 0 Å². The number of benzene rings is 2. The molecule has 17 heavy (non-hydrogen) atoms. The molecule has 2 aromatic rings. The van der Waals surface area contributed by atoms with Crippen LogP contribution in [0.3, 0.4) is 0 Å². The molecular formula is C14H14ClNO. The van der Waals surface area contributed by atoms with Crippen molar-refractivity contribution in [2.45, 2.75) is 6.10 Å². The minimum absolute atomic E-state index is 0.228. The average Bonchev–Trinajstić information content (AvgIpc) is 2.39. The van der Waals surface area contributed by atoms with E-state index in [1.165, 1.54) is 0 Å². The lowest BCUT2D eigenvalue weighted by atomic mass is 10.0. The van der Waals surface area contributed by atoms with E-state index in [-0.39, 0.29) is 6.54 Å². The Morgan fingerprint density at radius 1 is 1.06 bits per heavy atom. The molecule has 0 radical (unpaired) electrons. The molecule has 0 aromatic heterocycles. The van der Waals surface area contributed by atoms with Gasteiger partial charge in [0.2, 0.25) is 0 Å². The van der Waals surface area contributed by atoms with Crippen molar-refractivity contribution in [3.8, 4) is 11.1 Å². The van der Waals surface area contributed by atoms with E-state index in [0.717, 1.165) is 21.7 Å². The van der Waals surface area contributed by atoms with Crippen LogP contribution in [0.1, 0.15) is 11.7 Å². The molecule has 1 unspecified atom stereocenters. The molecule has 3 heteroatoms. The number of nitrogens with two attached hydrogens (primary N) is 1. The van der Waals surface area contributed by atoms with Gasteiger partial charge >= 0.3 is 0 Å². The summed E-state index contributed by atoms with van der Waals surface area (Å²) < 4.78 is 0. The van der Waals surface area contributed by atoms with Gasteiger partial charge in [0.25, 0.3) is 0 Å². The third-order valence-electron chi connectivity index (χ3n) is 2.70. The molecule has 2 nitrogen and oxygen atoms in total. The monoisotopic (exact) mass is 247 g/mol. The van der Waals surface area contributed by atoms with Crippen LogP contribution in [0.5, 0.6) is 0 Å². The second-order valence-electron chi connectivity index (χ2n) is 3.85. The van der Waals surface area contributed by atoms with Gasteiger partial charge in [0, 0.05) is 17.1 Å². The Kier molecular flexibility index (Phi) is 3.79. The van der Waals surface area contributed by atoms with Crippen LogP contribution in [0.4, 0.5) is 0 Å². The molecule has 0 amide bonds. The molecule has 0 aliphatic heterocycles. The maximum atomic E-state index is 9.59. The average molecular weight is 248 g/mol. The van der Waals surface area contributed by atoms with Crippen molar-refractivity contribution in [2.24, 2.45) is 5.73 Å². The van der Waals surface area contributed by atoms with Gasteiger partial charge < -0.3 is 10.8 Å². The second-order valence-corrected chi connectivity index (χ2v) is 4.26. The van der Waals surface area contributed by atoms with Gasteiger partial charge in [-0.2, -0.15) is 0 Å². The summed E-state index contributed by atoms with van der Waals surface area (Å²) >= 11 is 6.12. The molecule has 0 aliphatic rings. The lowest BCUT2D eigenvalue weighted by Crippen LogP contribution is -2.11. The van der Waals surface area contributed by atoms with Crippen molar-refractivity contribution < 1.29 is 5.11 Å². The molecule has 0 aliphatic carbocycles. The highest BCUT2D eigenvalue weighted by atomic mass is 35.5. The van der Waals surface area contributed by atoms with Gasteiger partial charge in [0.05, 0.1) is 6.10 Å². The largest absolute Gasteiger partial charge is 0.387 e. The van der Waals surface area contributed by atoms with Crippen LogP contribution < -0.4 is 5.73 Å². The van der Waals surface area contributed by atoms with Crippen molar-refractivity contribution >= 4 is 11.6 Å². The van der Waals surface area contributed by atoms with E-state index in [1.54, 1.807) is 0 Å². The zero-order valence-electron chi connectivity index (χ0n) is 9.31. The topological polar surface area (TPSA) is 46.2 Å². The summed E-state index contributed by atoms with van der Waals surface area (Å²) in [6, 6.07) is 15.3. The highest BCUT2D eigenvalue weighted by molar-refractivity contribution is 6.33. The van der Waals surface area contributed by atoms with Crippen LogP contribution in [0.15, 0.2) is 48.5 Å². The van der Waals surface area contributed by atoms with Crippen LogP contribution >= 0.6 is 11.6 Å². The van der Waals surface area contributed by atoms with E-state index in [4.69, 9.17) is 17.3 Å². The maximum Gasteiger partial charge on any atom is 0.0912 e. The first kappa shape index (κ1) is 12.1. The fraction of sp³-hybridized carbons (Fsp3) is 0.143. The molecule has 0 fully saturated rings. The Hall–Kier alpha value is -1.35. The number of halogens is 1. The smallest absolute Gasteiger partial charge is 0.0912 e. The van der Waals surface area contributed by atoms with Crippen molar-refractivity contribution in [2.75, 3.05) is 6.54 Å². The van der Waals surface area contributed by atoms with E-state index >= 15 is 0 Å². The van der Waals surface area contributed by atoms with Crippen LogP contribution in [0.25, 0.3) is 11.1 Å². The highest BCUT2D eigenvalue weighted by Crippen LogP contribution is 2.28. The Morgan fingerprint density at radius 2 is 1.71 bits per heavy atom. The van der Waals surface area contributed by atoms with Gasteiger partial charge in [-0.25, -0.2) is 0 Å². The van der Waals surface area contributed by atoms with Crippen LogP contribution in [-0.4, -0.2) is 11.7 Å².